The maximum atomic E-state index is 13.2. The van der Waals surface area contributed by atoms with Crippen molar-refractivity contribution in [2.24, 2.45) is 5.92 Å². The zero-order valence-corrected chi connectivity index (χ0v) is 18.4. The van der Waals surface area contributed by atoms with Crippen molar-refractivity contribution in [3.05, 3.63) is 47.5 Å². The molecule has 5 heteroatoms. The van der Waals surface area contributed by atoms with Crippen LogP contribution in [0.5, 0.6) is 0 Å². The van der Waals surface area contributed by atoms with Crippen LogP contribution < -0.4 is 0 Å². The normalized spacial score (nSPS) is 21.0. The van der Waals surface area contributed by atoms with E-state index in [-0.39, 0.29) is 0 Å². The Morgan fingerprint density at radius 2 is 1.93 bits per heavy atom. The molecule has 0 radical (unpaired) electrons. The van der Waals surface area contributed by atoms with E-state index in [2.05, 4.69) is 6.92 Å². The van der Waals surface area contributed by atoms with Crippen LogP contribution in [-0.2, 0) is 16.0 Å². The first-order valence-electron chi connectivity index (χ1n) is 10.6. The average molecular weight is 402 g/mol. The molecule has 0 spiro atoms. The third-order valence-electron chi connectivity index (χ3n) is 5.77. The molecule has 1 aliphatic rings. The first kappa shape index (κ1) is 23.1. The van der Waals surface area contributed by atoms with Crippen LogP contribution in [0.25, 0.3) is 0 Å². The van der Waals surface area contributed by atoms with Gasteiger partial charge in [-0.05, 0) is 51.2 Å². The number of nitrogens with zero attached hydrogens (tertiary/aromatic N) is 1. The molecular formula is C24H35NO4. The highest BCUT2D eigenvalue weighted by Gasteiger charge is 2.51. The second kappa shape index (κ2) is 10.1. The van der Waals surface area contributed by atoms with E-state index in [4.69, 9.17) is 4.74 Å². The maximum Gasteiger partial charge on any atom is 0.417 e. The number of hydrogen-bond acceptors (Lipinski definition) is 4. The number of benzene rings is 1. The first-order valence-corrected chi connectivity index (χ1v) is 10.6. The van der Waals surface area contributed by atoms with Gasteiger partial charge in [0.15, 0.2) is 0 Å². The molecule has 1 aromatic carbocycles. The van der Waals surface area contributed by atoms with Crippen LogP contribution in [0.1, 0.15) is 65.9 Å². The second-order valence-corrected chi connectivity index (χ2v) is 8.56. The van der Waals surface area contributed by atoms with Gasteiger partial charge >= 0.3 is 6.09 Å². The highest BCUT2D eigenvalue weighted by Crippen LogP contribution is 2.33. The zero-order chi connectivity index (χ0) is 21.6. The third-order valence-corrected chi connectivity index (χ3v) is 5.77. The molecule has 1 aromatic rings. The molecule has 1 saturated heterocycles. The number of allylic oxidation sites excluding steroid dienone is 1. The highest BCUT2D eigenvalue weighted by molar-refractivity contribution is 5.95. The van der Waals surface area contributed by atoms with Gasteiger partial charge in [0.25, 0.3) is 0 Å². The third kappa shape index (κ3) is 5.69. The van der Waals surface area contributed by atoms with E-state index in [1.165, 1.54) is 4.90 Å². The molecule has 1 heterocycles. The molecule has 1 N–H and O–H groups in total. The van der Waals surface area contributed by atoms with Crippen molar-refractivity contribution in [3.63, 3.8) is 0 Å². The Balaban J connectivity index is 2.16. The fraction of sp³-hybridized carbons (Fsp3) is 0.583. The van der Waals surface area contributed by atoms with Crippen LogP contribution in [0.15, 0.2) is 42.0 Å². The van der Waals surface area contributed by atoms with E-state index >= 15 is 0 Å². The number of aliphatic hydroxyl groups excluding tert-OH is 1. The number of imide groups is 1. The molecule has 2 amide bonds. The molecule has 3 atom stereocenters. The van der Waals surface area contributed by atoms with Gasteiger partial charge in [0.1, 0.15) is 5.60 Å². The van der Waals surface area contributed by atoms with Gasteiger partial charge in [-0.3, -0.25) is 4.79 Å². The van der Waals surface area contributed by atoms with Gasteiger partial charge in [0.2, 0.25) is 5.91 Å². The Morgan fingerprint density at radius 3 is 2.55 bits per heavy atom. The molecule has 0 aromatic heterocycles. The summed E-state index contributed by atoms with van der Waals surface area (Å²) in [6.45, 7) is 9.31. The molecule has 0 aliphatic carbocycles. The van der Waals surface area contributed by atoms with Gasteiger partial charge in [-0.2, -0.15) is 0 Å². The summed E-state index contributed by atoms with van der Waals surface area (Å²) in [5.74, 6) is -1.12. The van der Waals surface area contributed by atoms with E-state index < -0.39 is 35.7 Å². The SMILES string of the molecule is CCCCC/C=C(\C)[C@@H](O)[C@@H](C)C(=O)N1C(=O)OC(C)(C)[C@@H]1Cc1ccccc1. The number of unbranched alkanes of at least 4 members (excludes halogenated alkanes) is 3. The minimum atomic E-state index is -0.919. The molecule has 0 saturated carbocycles. The summed E-state index contributed by atoms with van der Waals surface area (Å²) >= 11 is 0. The number of rotatable bonds is 9. The van der Waals surface area contributed by atoms with E-state index in [9.17, 15) is 14.7 Å². The number of carbonyl (C=O) groups excluding carboxylic acids is 2. The lowest BCUT2D eigenvalue weighted by molar-refractivity contribution is -0.136. The van der Waals surface area contributed by atoms with Crippen molar-refractivity contribution in [2.45, 2.75) is 84.5 Å². The van der Waals surface area contributed by atoms with Gasteiger partial charge < -0.3 is 9.84 Å². The Kier molecular flexibility index (Phi) is 8.03. The first-order chi connectivity index (χ1) is 13.7. The molecular weight excluding hydrogens is 366 g/mol. The van der Waals surface area contributed by atoms with E-state index in [1.54, 1.807) is 6.92 Å². The van der Waals surface area contributed by atoms with Crippen molar-refractivity contribution in [1.82, 2.24) is 4.90 Å². The highest BCUT2D eigenvalue weighted by atomic mass is 16.6. The molecule has 160 valence electrons. The van der Waals surface area contributed by atoms with Gasteiger partial charge in [0, 0.05) is 0 Å². The number of hydrogen-bond donors (Lipinski definition) is 1. The number of amides is 2. The maximum absolute atomic E-state index is 13.2. The summed E-state index contributed by atoms with van der Waals surface area (Å²) in [7, 11) is 0. The van der Waals surface area contributed by atoms with E-state index in [1.807, 2.05) is 57.2 Å². The Hall–Kier alpha value is -2.14. The predicted octanol–water partition coefficient (Wildman–Crippen LogP) is 4.88. The summed E-state index contributed by atoms with van der Waals surface area (Å²) in [5.41, 5.74) is 1.01. The number of aliphatic hydroxyl groups is 1. The molecule has 1 aliphatic heterocycles. The van der Waals surface area contributed by atoms with E-state index in [0.717, 1.165) is 36.8 Å². The molecule has 1 fully saturated rings. The van der Waals surface area contributed by atoms with Gasteiger partial charge in [-0.15, -0.1) is 0 Å². The molecule has 29 heavy (non-hydrogen) atoms. The molecule has 5 nitrogen and oxygen atoms in total. The largest absolute Gasteiger partial charge is 0.441 e. The van der Waals surface area contributed by atoms with Crippen LogP contribution in [0.4, 0.5) is 4.79 Å². The van der Waals surface area contributed by atoms with Crippen LogP contribution in [-0.4, -0.2) is 39.8 Å². The number of cyclic esters (lactones) is 1. The van der Waals surface area contributed by atoms with Crippen LogP contribution in [0.2, 0.25) is 0 Å². The Bertz CT molecular complexity index is 726. The molecule has 2 rings (SSSR count). The minimum absolute atomic E-state index is 0.393. The summed E-state index contributed by atoms with van der Waals surface area (Å²) in [4.78, 5) is 27.0. The summed E-state index contributed by atoms with van der Waals surface area (Å²) < 4.78 is 5.52. The van der Waals surface area contributed by atoms with Crippen molar-refractivity contribution >= 4 is 12.0 Å². The van der Waals surface area contributed by atoms with Gasteiger partial charge in [-0.25, -0.2) is 9.69 Å². The van der Waals surface area contributed by atoms with Crippen molar-refractivity contribution < 1.29 is 19.4 Å². The van der Waals surface area contributed by atoms with Crippen molar-refractivity contribution in [3.8, 4) is 0 Å². The average Bonchev–Trinajstić information content (AvgIpc) is 2.92. The Morgan fingerprint density at radius 1 is 1.28 bits per heavy atom. The lowest BCUT2D eigenvalue weighted by Crippen LogP contribution is -2.49. The summed E-state index contributed by atoms with van der Waals surface area (Å²) in [5, 5.41) is 10.7. The number of ether oxygens (including phenoxy) is 1. The lowest BCUT2D eigenvalue weighted by Gasteiger charge is -2.30. The fourth-order valence-electron chi connectivity index (χ4n) is 3.79. The number of carbonyl (C=O) groups is 2. The van der Waals surface area contributed by atoms with Crippen LogP contribution in [0.3, 0.4) is 0 Å². The smallest absolute Gasteiger partial charge is 0.417 e. The van der Waals surface area contributed by atoms with Crippen molar-refractivity contribution in [1.29, 1.82) is 0 Å². The Labute approximate surface area is 174 Å². The molecule has 0 unspecified atom stereocenters. The molecule has 0 bridgehead atoms. The zero-order valence-electron chi connectivity index (χ0n) is 18.4. The van der Waals surface area contributed by atoms with Gasteiger partial charge in [-0.1, -0.05) is 63.1 Å². The summed E-state index contributed by atoms with van der Waals surface area (Å²) in [6.07, 6.45) is 5.19. The second-order valence-electron chi connectivity index (χ2n) is 8.56. The summed E-state index contributed by atoms with van der Waals surface area (Å²) in [6, 6.07) is 9.33. The standard InChI is InChI=1S/C24H35NO4/c1-6-7-8-10-13-17(2)21(26)18(3)22(27)25-20(24(4,5)29-23(25)28)16-19-14-11-9-12-15-19/h9,11-15,18,20-21,26H,6-8,10,16H2,1-5H3/b17-13+/t18-,20+,21-/m1/s1. The van der Waals surface area contributed by atoms with E-state index in [0.29, 0.717) is 6.42 Å². The van der Waals surface area contributed by atoms with Crippen molar-refractivity contribution in [2.75, 3.05) is 0 Å². The minimum Gasteiger partial charge on any atom is -0.441 e. The van der Waals surface area contributed by atoms with Gasteiger partial charge in [0.05, 0.1) is 18.1 Å². The topological polar surface area (TPSA) is 66.8 Å². The predicted molar refractivity (Wildman–Crippen MR) is 114 cm³/mol. The van der Waals surface area contributed by atoms with Crippen LogP contribution >= 0.6 is 0 Å². The fourth-order valence-corrected chi connectivity index (χ4v) is 3.79. The quantitative estimate of drug-likeness (QED) is 0.473. The van der Waals surface area contributed by atoms with Crippen LogP contribution in [0, 0.1) is 5.92 Å². The monoisotopic (exact) mass is 401 g/mol. The lowest BCUT2D eigenvalue weighted by atomic mass is 9.90.